The number of benzene rings is 1. The van der Waals surface area contributed by atoms with Crippen LogP contribution in [-0.4, -0.2) is 28.2 Å². The highest BCUT2D eigenvalue weighted by Gasteiger charge is 2.20. The quantitative estimate of drug-likeness (QED) is 0.613. The van der Waals surface area contributed by atoms with Gasteiger partial charge in [0.25, 0.3) is 10.0 Å². The van der Waals surface area contributed by atoms with Crippen molar-refractivity contribution in [3.8, 4) is 0 Å². The van der Waals surface area contributed by atoms with Gasteiger partial charge in [-0.15, -0.1) is 0 Å². The summed E-state index contributed by atoms with van der Waals surface area (Å²) in [5.41, 5.74) is 6.88. The number of aromatic nitrogens is 4. The van der Waals surface area contributed by atoms with Gasteiger partial charge >= 0.3 is 0 Å². The van der Waals surface area contributed by atoms with E-state index in [0.717, 1.165) is 0 Å². The Hall–Kier alpha value is -2.55. The van der Waals surface area contributed by atoms with Gasteiger partial charge in [0.2, 0.25) is 5.95 Å². The van der Waals surface area contributed by atoms with Crippen LogP contribution >= 0.6 is 0 Å². The van der Waals surface area contributed by atoms with Crippen molar-refractivity contribution < 1.29 is 8.42 Å². The molecule has 9 heteroatoms. The van der Waals surface area contributed by atoms with Crippen LogP contribution in [0.5, 0.6) is 0 Å². The highest BCUT2D eigenvalue weighted by Crippen LogP contribution is 2.25. The lowest BCUT2D eigenvalue weighted by molar-refractivity contribution is 0.601. The van der Waals surface area contributed by atoms with E-state index in [1.54, 1.807) is 25.2 Å². The van der Waals surface area contributed by atoms with E-state index in [1.807, 2.05) is 0 Å². The van der Waals surface area contributed by atoms with Crippen LogP contribution in [-0.2, 0) is 17.1 Å². The van der Waals surface area contributed by atoms with Gasteiger partial charge in [0.15, 0.2) is 0 Å². The maximum absolute atomic E-state index is 12.4. The zero-order chi connectivity index (χ0) is 14.3. The summed E-state index contributed by atoms with van der Waals surface area (Å²) in [5.74, 6) is 0.148. The molecule has 8 nitrogen and oxygen atoms in total. The number of aryl methyl sites for hydroxylation is 1. The second-order valence-electron chi connectivity index (χ2n) is 4.27. The summed E-state index contributed by atoms with van der Waals surface area (Å²) in [6.45, 7) is 0. The molecule has 20 heavy (non-hydrogen) atoms. The van der Waals surface area contributed by atoms with E-state index in [1.165, 1.54) is 17.2 Å². The fraction of sp³-hybridized carbons (Fsp3) is 0.0909. The number of anilines is 2. The molecule has 0 saturated carbocycles. The van der Waals surface area contributed by atoms with E-state index in [9.17, 15) is 8.42 Å². The number of rotatable bonds is 3. The SMILES string of the molecule is Cn1ncnc1NS(=O)(=O)c1c[nH]c2cc(N)ccc12. The molecule has 0 saturated heterocycles. The fourth-order valence-corrected chi connectivity index (χ4v) is 3.12. The number of hydrogen-bond acceptors (Lipinski definition) is 5. The predicted octanol–water partition coefficient (Wildman–Crippen LogP) is 0.679. The third kappa shape index (κ3) is 1.97. The number of H-pyrrole nitrogens is 1. The molecule has 104 valence electrons. The number of nitrogens with zero attached hydrogens (tertiary/aromatic N) is 3. The van der Waals surface area contributed by atoms with Gasteiger partial charge in [0, 0.05) is 29.8 Å². The Morgan fingerprint density at radius 1 is 1.40 bits per heavy atom. The van der Waals surface area contributed by atoms with Gasteiger partial charge < -0.3 is 10.7 Å². The van der Waals surface area contributed by atoms with Crippen LogP contribution in [0.25, 0.3) is 10.9 Å². The van der Waals surface area contributed by atoms with E-state index < -0.39 is 10.0 Å². The van der Waals surface area contributed by atoms with Crippen LogP contribution in [0.15, 0.2) is 35.6 Å². The monoisotopic (exact) mass is 292 g/mol. The second-order valence-corrected chi connectivity index (χ2v) is 5.92. The molecule has 0 aliphatic rings. The molecule has 0 unspecified atom stereocenters. The van der Waals surface area contributed by atoms with Crippen LogP contribution in [0, 0.1) is 0 Å². The van der Waals surface area contributed by atoms with Crippen molar-refractivity contribution in [2.24, 2.45) is 7.05 Å². The first kappa shape index (κ1) is 12.5. The first-order chi connectivity index (χ1) is 9.47. The minimum atomic E-state index is -3.75. The van der Waals surface area contributed by atoms with Crippen molar-refractivity contribution in [2.75, 3.05) is 10.5 Å². The third-order valence-corrected chi connectivity index (χ3v) is 4.26. The summed E-state index contributed by atoms with van der Waals surface area (Å²) in [6.07, 6.45) is 2.69. The molecule has 0 bridgehead atoms. The molecule has 2 heterocycles. The minimum absolute atomic E-state index is 0.135. The van der Waals surface area contributed by atoms with E-state index in [2.05, 4.69) is 19.8 Å². The Kier molecular flexibility index (Phi) is 2.64. The van der Waals surface area contributed by atoms with E-state index in [-0.39, 0.29) is 10.8 Å². The maximum atomic E-state index is 12.4. The van der Waals surface area contributed by atoms with Gasteiger partial charge in [-0.2, -0.15) is 10.1 Å². The fourth-order valence-electron chi connectivity index (χ4n) is 1.90. The summed E-state index contributed by atoms with van der Waals surface area (Å²) in [4.78, 5) is 6.86. The molecule has 0 fully saturated rings. The van der Waals surface area contributed by atoms with Crippen LogP contribution in [0.4, 0.5) is 11.6 Å². The smallest absolute Gasteiger partial charge is 0.266 e. The summed E-state index contributed by atoms with van der Waals surface area (Å²) >= 11 is 0. The Morgan fingerprint density at radius 3 is 2.90 bits per heavy atom. The topological polar surface area (TPSA) is 119 Å². The highest BCUT2D eigenvalue weighted by atomic mass is 32.2. The largest absolute Gasteiger partial charge is 0.399 e. The summed E-state index contributed by atoms with van der Waals surface area (Å²) in [7, 11) is -2.15. The lowest BCUT2D eigenvalue weighted by Gasteiger charge is -2.05. The van der Waals surface area contributed by atoms with Gasteiger partial charge in [-0.3, -0.25) is 0 Å². The molecular weight excluding hydrogens is 280 g/mol. The first-order valence-corrected chi connectivity index (χ1v) is 7.19. The molecule has 2 aromatic heterocycles. The molecule has 3 rings (SSSR count). The molecule has 0 atom stereocenters. The normalized spacial score (nSPS) is 11.8. The number of sulfonamides is 1. The van der Waals surface area contributed by atoms with Gasteiger partial charge in [-0.25, -0.2) is 17.8 Å². The predicted molar refractivity (Wildman–Crippen MR) is 74.5 cm³/mol. The van der Waals surface area contributed by atoms with Gasteiger partial charge in [-0.05, 0) is 18.2 Å². The lowest BCUT2D eigenvalue weighted by Crippen LogP contribution is -2.15. The standard InChI is InChI=1S/C11H12N6O2S/c1-17-11(14-6-15-17)16-20(18,19)10-5-13-9-4-7(12)2-3-8(9)10/h2-6,13H,12H2,1H3,(H,14,15,16). The molecule has 3 aromatic rings. The summed E-state index contributed by atoms with van der Waals surface area (Å²) in [6, 6.07) is 4.99. The average molecular weight is 292 g/mol. The van der Waals surface area contributed by atoms with Crippen molar-refractivity contribution in [1.29, 1.82) is 0 Å². The third-order valence-electron chi connectivity index (χ3n) is 2.89. The molecule has 0 spiro atoms. The molecule has 1 aromatic carbocycles. The van der Waals surface area contributed by atoms with Crippen LogP contribution in [0.2, 0.25) is 0 Å². The molecular formula is C11H12N6O2S. The van der Waals surface area contributed by atoms with Gasteiger partial charge in [0.05, 0.1) is 0 Å². The molecule has 0 amide bonds. The van der Waals surface area contributed by atoms with E-state index in [4.69, 9.17) is 5.73 Å². The molecule has 0 radical (unpaired) electrons. The number of nitrogens with two attached hydrogens (primary N) is 1. The number of hydrogen-bond donors (Lipinski definition) is 3. The van der Waals surface area contributed by atoms with Crippen molar-refractivity contribution in [3.63, 3.8) is 0 Å². The van der Waals surface area contributed by atoms with Crippen molar-refractivity contribution in [2.45, 2.75) is 4.90 Å². The average Bonchev–Trinajstić information content (AvgIpc) is 2.96. The number of aromatic amines is 1. The zero-order valence-corrected chi connectivity index (χ0v) is 11.3. The van der Waals surface area contributed by atoms with Crippen LogP contribution in [0.1, 0.15) is 0 Å². The summed E-state index contributed by atoms with van der Waals surface area (Å²) in [5, 5.41) is 4.37. The highest BCUT2D eigenvalue weighted by molar-refractivity contribution is 7.93. The Morgan fingerprint density at radius 2 is 2.20 bits per heavy atom. The first-order valence-electron chi connectivity index (χ1n) is 5.71. The number of nitrogen functional groups attached to an aromatic ring is 1. The Balaban J connectivity index is 2.08. The van der Waals surface area contributed by atoms with Crippen molar-refractivity contribution >= 4 is 32.6 Å². The van der Waals surface area contributed by atoms with Crippen molar-refractivity contribution in [1.82, 2.24) is 19.7 Å². The Bertz CT molecular complexity index is 879. The number of nitrogens with one attached hydrogen (secondary N) is 2. The lowest BCUT2D eigenvalue weighted by atomic mass is 10.2. The summed E-state index contributed by atoms with van der Waals surface area (Å²) < 4.78 is 28.5. The molecule has 4 N–H and O–H groups in total. The molecule has 0 aliphatic heterocycles. The second kappa shape index (κ2) is 4.23. The van der Waals surface area contributed by atoms with E-state index >= 15 is 0 Å². The van der Waals surface area contributed by atoms with E-state index in [0.29, 0.717) is 16.6 Å². The molecule has 0 aliphatic carbocycles. The minimum Gasteiger partial charge on any atom is -0.399 e. The van der Waals surface area contributed by atoms with Crippen LogP contribution < -0.4 is 10.5 Å². The Labute approximate surface area is 114 Å². The van der Waals surface area contributed by atoms with Gasteiger partial charge in [-0.1, -0.05) is 0 Å². The van der Waals surface area contributed by atoms with Crippen LogP contribution in [0.3, 0.4) is 0 Å². The maximum Gasteiger partial charge on any atom is 0.266 e. The zero-order valence-electron chi connectivity index (χ0n) is 10.5. The van der Waals surface area contributed by atoms with Crippen molar-refractivity contribution in [3.05, 3.63) is 30.7 Å². The van der Waals surface area contributed by atoms with Gasteiger partial charge in [0.1, 0.15) is 11.2 Å². The number of fused-ring (bicyclic) bond motifs is 1.